The second-order valence-electron chi connectivity index (χ2n) is 9.29. The number of sulfonamides is 1. The lowest BCUT2D eigenvalue weighted by Crippen LogP contribution is -2.37. The number of carbonyl (C=O) groups is 1. The molecule has 1 aromatic carbocycles. The Morgan fingerprint density at radius 2 is 1.90 bits per heavy atom. The largest absolute Gasteiger partial charge is 0.378 e. The van der Waals surface area contributed by atoms with E-state index in [9.17, 15) is 13.2 Å². The first-order valence-corrected chi connectivity index (χ1v) is 14.3. The fourth-order valence-corrected chi connectivity index (χ4v) is 5.49. The number of carbonyl (C=O) groups excluding carboxylic acids is 1. The summed E-state index contributed by atoms with van der Waals surface area (Å²) in [6, 6.07) is 6.55. The van der Waals surface area contributed by atoms with Crippen LogP contribution in [0.25, 0.3) is 22.6 Å². The van der Waals surface area contributed by atoms with Crippen molar-refractivity contribution in [1.82, 2.24) is 34.2 Å². The molecule has 1 aliphatic heterocycles. The molecule has 0 atom stereocenters. The van der Waals surface area contributed by atoms with Crippen molar-refractivity contribution in [2.45, 2.75) is 18.4 Å². The third kappa shape index (κ3) is 5.81. The van der Waals surface area contributed by atoms with E-state index >= 15 is 0 Å². The van der Waals surface area contributed by atoms with E-state index in [0.29, 0.717) is 73.0 Å². The van der Waals surface area contributed by atoms with E-state index in [1.165, 1.54) is 18.5 Å². The SMILES string of the molecule is CCNS(=O)(=O)c1cccc(-c2nc(N3CCOCC3)c3nc(CN(C)c4ncc(C(=O)ON)cn4)n(C)c3n2)c1. The Kier molecular flexibility index (Phi) is 8.07. The Morgan fingerprint density at radius 3 is 2.59 bits per heavy atom. The molecule has 1 aliphatic rings. The van der Waals surface area contributed by atoms with Gasteiger partial charge in [0, 0.05) is 51.7 Å². The summed E-state index contributed by atoms with van der Waals surface area (Å²) in [5, 5.41) is 0. The van der Waals surface area contributed by atoms with Crippen molar-refractivity contribution in [3.05, 3.63) is 48.0 Å². The van der Waals surface area contributed by atoms with Crippen LogP contribution in [-0.4, -0.2) is 83.8 Å². The molecule has 1 fully saturated rings. The smallest absolute Gasteiger partial charge is 0.359 e. The molecule has 0 bridgehead atoms. The maximum absolute atomic E-state index is 12.7. The lowest BCUT2D eigenvalue weighted by atomic mass is 10.2. The molecule has 0 unspecified atom stereocenters. The monoisotopic (exact) mass is 582 g/mol. The normalized spacial score (nSPS) is 13.9. The zero-order valence-corrected chi connectivity index (χ0v) is 23.6. The van der Waals surface area contributed by atoms with E-state index in [1.807, 2.05) is 11.6 Å². The predicted octanol–water partition coefficient (Wildman–Crippen LogP) is 0.622. The number of ether oxygens (including phenoxy) is 1. The Labute approximate surface area is 236 Å². The van der Waals surface area contributed by atoms with E-state index in [-0.39, 0.29) is 17.0 Å². The second kappa shape index (κ2) is 11.7. The highest BCUT2D eigenvalue weighted by atomic mass is 32.2. The van der Waals surface area contributed by atoms with Crippen LogP contribution in [0, 0.1) is 0 Å². The van der Waals surface area contributed by atoms with Gasteiger partial charge in [-0.1, -0.05) is 19.1 Å². The number of benzene rings is 1. The average Bonchev–Trinajstić information content (AvgIpc) is 3.31. The van der Waals surface area contributed by atoms with Crippen LogP contribution in [0.2, 0.25) is 0 Å². The number of aromatic nitrogens is 6. The quantitative estimate of drug-likeness (QED) is 0.262. The number of anilines is 2. The lowest BCUT2D eigenvalue weighted by Gasteiger charge is -2.28. The third-order valence-corrected chi connectivity index (χ3v) is 8.08. The highest BCUT2D eigenvalue weighted by Gasteiger charge is 2.24. The fraction of sp³-hybridized carbons (Fsp3) is 0.360. The maximum Gasteiger partial charge on any atom is 0.359 e. The van der Waals surface area contributed by atoms with Crippen LogP contribution in [-0.2, 0) is 33.2 Å². The van der Waals surface area contributed by atoms with Gasteiger partial charge in [0.25, 0.3) is 0 Å². The number of fused-ring (bicyclic) bond motifs is 1. The maximum atomic E-state index is 12.7. The van der Waals surface area contributed by atoms with E-state index in [0.717, 1.165) is 0 Å². The summed E-state index contributed by atoms with van der Waals surface area (Å²) in [7, 11) is -0.0159. The fourth-order valence-electron chi connectivity index (χ4n) is 4.41. The molecule has 3 N–H and O–H groups in total. The van der Waals surface area contributed by atoms with Crippen LogP contribution in [0.5, 0.6) is 0 Å². The van der Waals surface area contributed by atoms with Gasteiger partial charge in [0.2, 0.25) is 16.0 Å². The van der Waals surface area contributed by atoms with Gasteiger partial charge < -0.3 is 23.9 Å². The van der Waals surface area contributed by atoms with E-state index in [4.69, 9.17) is 25.6 Å². The Hall–Kier alpha value is -4.25. The lowest BCUT2D eigenvalue weighted by molar-refractivity contribution is 0.0502. The average molecular weight is 583 g/mol. The van der Waals surface area contributed by atoms with Gasteiger partial charge >= 0.3 is 5.97 Å². The van der Waals surface area contributed by atoms with E-state index < -0.39 is 16.0 Å². The van der Waals surface area contributed by atoms with Crippen LogP contribution >= 0.6 is 0 Å². The minimum atomic E-state index is -3.67. The number of nitrogens with zero attached hydrogens (tertiary/aromatic N) is 8. The molecule has 41 heavy (non-hydrogen) atoms. The van der Waals surface area contributed by atoms with Crippen LogP contribution < -0.4 is 20.4 Å². The van der Waals surface area contributed by atoms with Crippen molar-refractivity contribution in [2.24, 2.45) is 12.9 Å². The van der Waals surface area contributed by atoms with Gasteiger partial charge in [0.15, 0.2) is 22.8 Å². The molecular weight excluding hydrogens is 552 g/mol. The van der Waals surface area contributed by atoms with Crippen molar-refractivity contribution in [3.63, 3.8) is 0 Å². The van der Waals surface area contributed by atoms with E-state index in [2.05, 4.69) is 24.4 Å². The van der Waals surface area contributed by atoms with Gasteiger partial charge in [-0.15, -0.1) is 0 Å². The molecule has 4 heterocycles. The number of nitrogens with one attached hydrogen (secondary N) is 1. The highest BCUT2D eigenvalue weighted by Crippen LogP contribution is 2.29. The highest BCUT2D eigenvalue weighted by molar-refractivity contribution is 7.89. The molecule has 0 saturated carbocycles. The number of imidazole rings is 1. The second-order valence-corrected chi connectivity index (χ2v) is 11.1. The molecule has 216 valence electrons. The van der Waals surface area contributed by atoms with E-state index in [1.54, 1.807) is 37.1 Å². The Balaban J connectivity index is 1.55. The molecule has 0 radical (unpaired) electrons. The zero-order valence-electron chi connectivity index (χ0n) is 22.8. The van der Waals surface area contributed by atoms with Gasteiger partial charge in [0.05, 0.1) is 30.2 Å². The summed E-state index contributed by atoms with van der Waals surface area (Å²) < 4.78 is 35.2. The number of hydrogen-bond donors (Lipinski definition) is 2. The summed E-state index contributed by atoms with van der Waals surface area (Å²) >= 11 is 0. The Morgan fingerprint density at radius 1 is 1.17 bits per heavy atom. The van der Waals surface area contributed by atoms with Gasteiger partial charge in [-0.3, -0.25) is 0 Å². The molecule has 15 nitrogen and oxygen atoms in total. The van der Waals surface area contributed by atoms with Crippen molar-refractivity contribution in [3.8, 4) is 11.4 Å². The summed E-state index contributed by atoms with van der Waals surface area (Å²) in [5.74, 6) is 6.25. The van der Waals surface area contributed by atoms with Gasteiger partial charge in [0.1, 0.15) is 5.82 Å². The standard InChI is InChI=1S/C25H30N10O5S/c1-4-29-41(37,38)18-7-5-6-16(12-18)21-31-22-20(23(32-21)35-8-10-39-11-9-35)30-19(34(22)3)15-33(2)25-27-13-17(14-28-25)24(36)40-26/h5-7,12-14,29H,4,8-11,15,26H2,1-3H3. The van der Waals surface area contributed by atoms with Gasteiger partial charge in [-0.2, -0.15) is 5.90 Å². The minimum absolute atomic E-state index is 0.131. The molecule has 1 saturated heterocycles. The molecule has 3 aromatic heterocycles. The van der Waals surface area contributed by atoms with Gasteiger partial charge in [-0.05, 0) is 12.1 Å². The molecule has 16 heteroatoms. The molecule has 4 aromatic rings. The van der Waals surface area contributed by atoms with Crippen LogP contribution in [0.4, 0.5) is 11.8 Å². The number of rotatable bonds is 9. The Bertz CT molecular complexity index is 1670. The van der Waals surface area contributed by atoms with Crippen molar-refractivity contribution >= 4 is 38.9 Å². The van der Waals surface area contributed by atoms with Crippen molar-refractivity contribution in [2.75, 3.05) is 49.7 Å². The topological polar surface area (TPSA) is 184 Å². The minimum Gasteiger partial charge on any atom is -0.378 e. The molecular formula is C25H30N10O5S. The molecule has 0 amide bonds. The number of aryl methyl sites for hydroxylation is 1. The van der Waals surface area contributed by atoms with Crippen molar-refractivity contribution in [1.29, 1.82) is 0 Å². The van der Waals surface area contributed by atoms with Crippen LogP contribution in [0.3, 0.4) is 0 Å². The predicted molar refractivity (Wildman–Crippen MR) is 149 cm³/mol. The summed E-state index contributed by atoms with van der Waals surface area (Å²) in [6.45, 7) is 4.66. The molecule has 5 rings (SSSR count). The summed E-state index contributed by atoms with van der Waals surface area (Å²) in [4.78, 5) is 42.9. The van der Waals surface area contributed by atoms with Crippen LogP contribution in [0.15, 0.2) is 41.6 Å². The number of nitrogens with two attached hydrogens (primary N) is 1. The van der Waals surface area contributed by atoms with Crippen LogP contribution in [0.1, 0.15) is 23.1 Å². The first-order chi connectivity index (χ1) is 19.7. The molecule has 0 aliphatic carbocycles. The first kappa shape index (κ1) is 28.3. The zero-order chi connectivity index (χ0) is 29.1. The number of hydrogen-bond acceptors (Lipinski definition) is 13. The number of morpholine rings is 1. The third-order valence-electron chi connectivity index (χ3n) is 6.54. The summed E-state index contributed by atoms with van der Waals surface area (Å²) in [5.41, 5.74) is 1.89. The van der Waals surface area contributed by atoms with Crippen molar-refractivity contribution < 1.29 is 22.8 Å². The van der Waals surface area contributed by atoms with Gasteiger partial charge in [-0.25, -0.2) is 42.9 Å². The molecule has 0 spiro atoms. The summed E-state index contributed by atoms with van der Waals surface area (Å²) in [6.07, 6.45) is 2.67. The first-order valence-electron chi connectivity index (χ1n) is 12.8.